The van der Waals surface area contributed by atoms with E-state index >= 15 is 0 Å². The zero-order valence-electron chi connectivity index (χ0n) is 10.8. The molecule has 2 N–H and O–H groups in total. The molecule has 0 amide bonds. The number of fused-ring (bicyclic) bond motifs is 1. The maximum absolute atomic E-state index is 12.0. The second-order valence-electron chi connectivity index (χ2n) is 4.68. The lowest BCUT2D eigenvalue weighted by molar-refractivity contribution is 0.207. The van der Waals surface area contributed by atoms with Crippen molar-refractivity contribution in [1.82, 2.24) is 24.4 Å². The number of imidazole rings is 1. The second kappa shape index (κ2) is 4.23. The van der Waals surface area contributed by atoms with Gasteiger partial charge in [-0.15, -0.1) is 0 Å². The molecule has 2 aromatic heterocycles. The van der Waals surface area contributed by atoms with Gasteiger partial charge in [-0.05, 0) is 13.0 Å². The number of hydrogen-bond acceptors (Lipinski definition) is 5. The van der Waals surface area contributed by atoms with E-state index < -0.39 is 11.2 Å². The van der Waals surface area contributed by atoms with Crippen molar-refractivity contribution in [3.63, 3.8) is 0 Å². The molecule has 0 aromatic carbocycles. The van der Waals surface area contributed by atoms with E-state index in [2.05, 4.69) is 15.3 Å². The number of H-pyrrole nitrogens is 1. The highest BCUT2D eigenvalue weighted by Gasteiger charge is 2.19. The molecule has 1 aliphatic rings. The summed E-state index contributed by atoms with van der Waals surface area (Å²) >= 11 is 0. The SMILES string of the molecule is Cn1c(=O)c2[nH]c(OC3CCNC3)nc2n(C)c1=O. The van der Waals surface area contributed by atoms with Crippen LogP contribution in [-0.4, -0.2) is 38.3 Å². The third-order valence-corrected chi connectivity index (χ3v) is 3.37. The van der Waals surface area contributed by atoms with Gasteiger partial charge in [-0.25, -0.2) is 4.79 Å². The maximum atomic E-state index is 12.0. The van der Waals surface area contributed by atoms with E-state index in [-0.39, 0.29) is 17.6 Å². The predicted molar refractivity (Wildman–Crippen MR) is 68.5 cm³/mol. The summed E-state index contributed by atoms with van der Waals surface area (Å²) in [5.74, 6) is 0. The third-order valence-electron chi connectivity index (χ3n) is 3.37. The summed E-state index contributed by atoms with van der Waals surface area (Å²) in [6.07, 6.45) is 0.940. The van der Waals surface area contributed by atoms with Crippen molar-refractivity contribution in [2.24, 2.45) is 14.1 Å². The molecule has 102 valence electrons. The molecule has 3 rings (SSSR count). The fraction of sp³-hybridized carbons (Fsp3) is 0.545. The number of nitrogens with zero attached hydrogens (tertiary/aromatic N) is 3. The molecular weight excluding hydrogens is 250 g/mol. The molecule has 1 atom stereocenters. The molecule has 8 heteroatoms. The highest BCUT2D eigenvalue weighted by molar-refractivity contribution is 5.70. The molecule has 1 aliphatic heterocycles. The highest BCUT2D eigenvalue weighted by atomic mass is 16.5. The topological polar surface area (TPSA) is 93.9 Å². The number of aromatic amines is 1. The van der Waals surface area contributed by atoms with Crippen molar-refractivity contribution < 1.29 is 4.74 Å². The average Bonchev–Trinajstić information content (AvgIpc) is 3.04. The monoisotopic (exact) mass is 265 g/mol. The Morgan fingerprint density at radius 3 is 2.79 bits per heavy atom. The van der Waals surface area contributed by atoms with Crippen molar-refractivity contribution in [1.29, 1.82) is 0 Å². The highest BCUT2D eigenvalue weighted by Crippen LogP contribution is 2.14. The van der Waals surface area contributed by atoms with E-state index in [0.717, 1.165) is 24.1 Å². The van der Waals surface area contributed by atoms with Crippen molar-refractivity contribution in [2.75, 3.05) is 13.1 Å². The first-order chi connectivity index (χ1) is 9.08. The fourth-order valence-corrected chi connectivity index (χ4v) is 2.25. The molecule has 8 nitrogen and oxygen atoms in total. The molecule has 0 aliphatic carbocycles. The van der Waals surface area contributed by atoms with Gasteiger partial charge in [0.1, 0.15) is 6.10 Å². The molecule has 1 fully saturated rings. The van der Waals surface area contributed by atoms with Crippen LogP contribution in [0.4, 0.5) is 0 Å². The molecule has 19 heavy (non-hydrogen) atoms. The molecule has 0 saturated carbocycles. The van der Waals surface area contributed by atoms with Crippen LogP contribution >= 0.6 is 0 Å². The molecule has 3 heterocycles. The van der Waals surface area contributed by atoms with Crippen LogP contribution in [0.2, 0.25) is 0 Å². The lowest BCUT2D eigenvalue weighted by Gasteiger charge is -2.07. The Balaban J connectivity index is 2.10. The summed E-state index contributed by atoms with van der Waals surface area (Å²) in [4.78, 5) is 30.8. The van der Waals surface area contributed by atoms with E-state index in [1.54, 1.807) is 7.05 Å². The van der Waals surface area contributed by atoms with Crippen LogP contribution in [-0.2, 0) is 14.1 Å². The van der Waals surface area contributed by atoms with Crippen LogP contribution < -0.4 is 21.3 Å². The number of nitrogens with one attached hydrogen (secondary N) is 2. The molecule has 2 aromatic rings. The third kappa shape index (κ3) is 1.84. The van der Waals surface area contributed by atoms with Gasteiger partial charge in [0.25, 0.3) is 11.6 Å². The van der Waals surface area contributed by atoms with Gasteiger partial charge in [-0.2, -0.15) is 4.98 Å². The summed E-state index contributed by atoms with van der Waals surface area (Å²) in [6.45, 7) is 1.67. The number of aryl methyl sites for hydroxylation is 1. The predicted octanol–water partition coefficient (Wildman–Crippen LogP) is -1.30. The molecule has 1 unspecified atom stereocenters. The van der Waals surface area contributed by atoms with E-state index in [0.29, 0.717) is 5.65 Å². The van der Waals surface area contributed by atoms with Gasteiger partial charge in [0.15, 0.2) is 11.2 Å². The Bertz CT molecular complexity index is 735. The molecule has 0 spiro atoms. The van der Waals surface area contributed by atoms with E-state index in [1.807, 2.05) is 0 Å². The summed E-state index contributed by atoms with van der Waals surface area (Å²) in [7, 11) is 3.01. The summed E-state index contributed by atoms with van der Waals surface area (Å²) in [6, 6.07) is 0.280. The van der Waals surface area contributed by atoms with Crippen molar-refractivity contribution in [3.8, 4) is 6.01 Å². The van der Waals surface area contributed by atoms with Crippen molar-refractivity contribution in [3.05, 3.63) is 20.8 Å². The zero-order chi connectivity index (χ0) is 13.6. The average molecular weight is 265 g/mol. The fourth-order valence-electron chi connectivity index (χ4n) is 2.25. The van der Waals surface area contributed by atoms with Crippen LogP contribution in [0.25, 0.3) is 11.2 Å². The summed E-state index contributed by atoms with van der Waals surface area (Å²) < 4.78 is 8.03. The lowest BCUT2D eigenvalue weighted by atomic mass is 10.3. The Morgan fingerprint density at radius 2 is 2.11 bits per heavy atom. The number of aromatic nitrogens is 4. The molecule has 1 saturated heterocycles. The Morgan fingerprint density at radius 1 is 1.32 bits per heavy atom. The first-order valence-electron chi connectivity index (χ1n) is 6.11. The van der Waals surface area contributed by atoms with E-state index in [4.69, 9.17) is 4.74 Å². The summed E-state index contributed by atoms with van der Waals surface area (Å²) in [5, 5.41) is 3.18. The molecular formula is C11H15N5O3. The Labute approximate surface area is 108 Å². The quantitative estimate of drug-likeness (QED) is 0.704. The first-order valence-corrected chi connectivity index (χ1v) is 6.11. The van der Waals surface area contributed by atoms with Gasteiger partial charge in [-0.1, -0.05) is 0 Å². The number of hydrogen-bond donors (Lipinski definition) is 2. The minimum atomic E-state index is -0.405. The van der Waals surface area contributed by atoms with Gasteiger partial charge in [0.05, 0.1) is 0 Å². The molecule has 0 bridgehead atoms. The van der Waals surface area contributed by atoms with Gasteiger partial charge in [-0.3, -0.25) is 13.9 Å². The van der Waals surface area contributed by atoms with Crippen LogP contribution in [0.5, 0.6) is 6.01 Å². The van der Waals surface area contributed by atoms with Crippen molar-refractivity contribution in [2.45, 2.75) is 12.5 Å². The first kappa shape index (κ1) is 12.0. The standard InChI is InChI=1S/C11H15N5O3/c1-15-8-7(9(17)16(2)11(15)18)13-10(14-8)19-6-3-4-12-5-6/h6,12H,3-5H2,1-2H3,(H,13,14). The van der Waals surface area contributed by atoms with Crippen LogP contribution in [0.15, 0.2) is 9.59 Å². The van der Waals surface area contributed by atoms with Crippen LogP contribution in [0.1, 0.15) is 6.42 Å². The summed E-state index contributed by atoms with van der Waals surface area (Å²) in [5.41, 5.74) is -0.206. The van der Waals surface area contributed by atoms with Gasteiger partial charge < -0.3 is 15.0 Å². The van der Waals surface area contributed by atoms with Crippen LogP contribution in [0.3, 0.4) is 0 Å². The smallest absolute Gasteiger partial charge is 0.332 e. The van der Waals surface area contributed by atoms with E-state index in [1.165, 1.54) is 11.6 Å². The van der Waals surface area contributed by atoms with Crippen molar-refractivity contribution >= 4 is 11.2 Å². The number of ether oxygens (including phenoxy) is 1. The normalized spacial score (nSPS) is 19.2. The second-order valence-corrected chi connectivity index (χ2v) is 4.68. The maximum Gasteiger partial charge on any atom is 0.332 e. The largest absolute Gasteiger partial charge is 0.460 e. The van der Waals surface area contributed by atoms with Gasteiger partial charge in [0, 0.05) is 20.6 Å². The molecule has 0 radical (unpaired) electrons. The minimum absolute atomic E-state index is 0.0430. The number of rotatable bonds is 2. The zero-order valence-corrected chi connectivity index (χ0v) is 10.8. The minimum Gasteiger partial charge on any atom is -0.460 e. The van der Waals surface area contributed by atoms with Crippen LogP contribution in [0, 0.1) is 0 Å². The lowest BCUT2D eigenvalue weighted by Crippen LogP contribution is -2.36. The van der Waals surface area contributed by atoms with Gasteiger partial charge >= 0.3 is 5.69 Å². The van der Waals surface area contributed by atoms with Gasteiger partial charge in [0.2, 0.25) is 0 Å². The Hall–Kier alpha value is -2.09. The van der Waals surface area contributed by atoms with E-state index in [9.17, 15) is 9.59 Å². The Kier molecular flexibility index (Phi) is 2.67.